The molecule has 0 aromatic heterocycles. The van der Waals surface area contributed by atoms with Crippen LogP contribution >= 0.6 is 0 Å². The molecule has 0 atom stereocenters. The summed E-state index contributed by atoms with van der Waals surface area (Å²) in [7, 11) is 5.08. The number of nitrogens with zero attached hydrogens (tertiary/aromatic N) is 1. The number of benzene rings is 1. The lowest BCUT2D eigenvalue weighted by Crippen LogP contribution is -2.26. The van der Waals surface area contributed by atoms with E-state index in [2.05, 4.69) is 5.32 Å². The van der Waals surface area contributed by atoms with Gasteiger partial charge < -0.3 is 20.1 Å². The molecule has 0 spiro atoms. The molecule has 100 valence electrons. The molecule has 1 rings (SSSR count). The summed E-state index contributed by atoms with van der Waals surface area (Å²) in [5.74, 6) is 0.626. The normalized spacial score (nSPS) is 10.4. The molecule has 2 N–H and O–H groups in total. The van der Waals surface area contributed by atoms with Gasteiger partial charge in [0.25, 0.3) is 0 Å². The number of rotatable bonds is 6. The molecule has 0 saturated carbocycles. The number of phenolic OH excluding ortho intramolecular Hbond substituents is 1. The smallest absolute Gasteiger partial charge is 0.221 e. The molecule has 0 fully saturated rings. The predicted octanol–water partition coefficient (Wildman–Crippen LogP) is 0.969. The van der Waals surface area contributed by atoms with Gasteiger partial charge in [-0.2, -0.15) is 0 Å². The fourth-order valence-electron chi connectivity index (χ4n) is 1.64. The van der Waals surface area contributed by atoms with Gasteiger partial charge in [0.05, 0.1) is 7.11 Å². The van der Waals surface area contributed by atoms with Crippen LogP contribution in [0, 0.1) is 0 Å². The van der Waals surface area contributed by atoms with E-state index in [0.29, 0.717) is 25.3 Å². The molecule has 1 amide bonds. The van der Waals surface area contributed by atoms with Crippen LogP contribution in [-0.4, -0.2) is 43.7 Å². The zero-order valence-electron chi connectivity index (χ0n) is 11.1. The molecular weight excluding hydrogens is 232 g/mol. The van der Waals surface area contributed by atoms with Crippen LogP contribution in [-0.2, 0) is 11.3 Å². The first-order chi connectivity index (χ1) is 8.56. The molecular formula is C13H20N2O3. The molecule has 0 unspecified atom stereocenters. The third-order valence-electron chi connectivity index (χ3n) is 2.70. The maximum absolute atomic E-state index is 11.1. The average molecular weight is 252 g/mol. The standard InChI is InChI=1S/C13H20N2O3/c1-14-13(17)6-7-15(2)9-10-4-5-12(18-3)11(16)8-10/h4-5,8,16H,6-7,9H2,1-3H3,(H,14,17). The number of nitrogens with one attached hydrogen (secondary N) is 1. The Bertz CT molecular complexity index is 407. The van der Waals surface area contributed by atoms with Crippen molar-refractivity contribution in [2.75, 3.05) is 27.7 Å². The number of carbonyl (C=O) groups excluding carboxylic acids is 1. The SMILES string of the molecule is CNC(=O)CCN(C)Cc1ccc(OC)c(O)c1. The van der Waals surface area contributed by atoms with Crippen molar-refractivity contribution in [2.24, 2.45) is 0 Å². The van der Waals surface area contributed by atoms with Crippen molar-refractivity contribution < 1.29 is 14.6 Å². The number of ether oxygens (including phenoxy) is 1. The topological polar surface area (TPSA) is 61.8 Å². The Labute approximate surface area is 107 Å². The second kappa shape index (κ2) is 6.86. The minimum absolute atomic E-state index is 0.0272. The maximum Gasteiger partial charge on any atom is 0.221 e. The summed E-state index contributed by atoms with van der Waals surface area (Å²) in [5, 5.41) is 12.2. The van der Waals surface area contributed by atoms with Crippen molar-refractivity contribution in [3.63, 3.8) is 0 Å². The fourth-order valence-corrected chi connectivity index (χ4v) is 1.64. The summed E-state index contributed by atoms with van der Waals surface area (Å²) >= 11 is 0. The summed E-state index contributed by atoms with van der Waals surface area (Å²) in [6.45, 7) is 1.35. The average Bonchev–Trinajstić information content (AvgIpc) is 2.36. The molecule has 0 aliphatic rings. The molecule has 0 radical (unpaired) electrons. The first-order valence-corrected chi connectivity index (χ1v) is 5.81. The van der Waals surface area contributed by atoms with Crippen molar-refractivity contribution in [1.82, 2.24) is 10.2 Å². The Morgan fingerprint density at radius 3 is 2.78 bits per heavy atom. The fraction of sp³-hybridized carbons (Fsp3) is 0.462. The van der Waals surface area contributed by atoms with Crippen LogP contribution in [0.25, 0.3) is 0 Å². The lowest BCUT2D eigenvalue weighted by molar-refractivity contribution is -0.120. The van der Waals surface area contributed by atoms with Crippen LogP contribution < -0.4 is 10.1 Å². The van der Waals surface area contributed by atoms with Crippen LogP contribution in [0.3, 0.4) is 0 Å². The third-order valence-corrected chi connectivity index (χ3v) is 2.70. The Hall–Kier alpha value is -1.75. The third kappa shape index (κ3) is 4.25. The first-order valence-electron chi connectivity index (χ1n) is 5.81. The van der Waals surface area contributed by atoms with Gasteiger partial charge in [-0.1, -0.05) is 6.07 Å². The van der Waals surface area contributed by atoms with Gasteiger partial charge in [-0.25, -0.2) is 0 Å². The molecule has 0 aliphatic heterocycles. The second-order valence-corrected chi connectivity index (χ2v) is 4.17. The number of phenols is 1. The zero-order valence-corrected chi connectivity index (χ0v) is 11.1. The van der Waals surface area contributed by atoms with Gasteiger partial charge >= 0.3 is 0 Å². The molecule has 5 nitrogen and oxygen atoms in total. The van der Waals surface area contributed by atoms with E-state index < -0.39 is 0 Å². The van der Waals surface area contributed by atoms with E-state index in [9.17, 15) is 9.90 Å². The number of methoxy groups -OCH3 is 1. The molecule has 0 heterocycles. The van der Waals surface area contributed by atoms with Gasteiger partial charge in [0.15, 0.2) is 11.5 Å². The second-order valence-electron chi connectivity index (χ2n) is 4.17. The maximum atomic E-state index is 11.1. The predicted molar refractivity (Wildman–Crippen MR) is 69.7 cm³/mol. The van der Waals surface area contributed by atoms with E-state index >= 15 is 0 Å². The number of amides is 1. The van der Waals surface area contributed by atoms with Crippen LogP contribution in [0.5, 0.6) is 11.5 Å². The first kappa shape index (κ1) is 14.3. The molecule has 5 heteroatoms. The summed E-state index contributed by atoms with van der Waals surface area (Å²) in [6.07, 6.45) is 0.467. The number of carbonyl (C=O) groups is 1. The molecule has 0 bridgehead atoms. The van der Waals surface area contributed by atoms with Crippen LogP contribution in [0.1, 0.15) is 12.0 Å². The number of aromatic hydroxyl groups is 1. The van der Waals surface area contributed by atoms with Crippen molar-refractivity contribution in [3.05, 3.63) is 23.8 Å². The van der Waals surface area contributed by atoms with Gasteiger partial charge in [-0.05, 0) is 24.7 Å². The molecule has 1 aromatic rings. The summed E-state index contributed by atoms with van der Waals surface area (Å²) in [6, 6.07) is 5.31. The van der Waals surface area contributed by atoms with E-state index in [0.717, 1.165) is 5.56 Å². The quantitative estimate of drug-likeness (QED) is 0.792. The van der Waals surface area contributed by atoms with Crippen LogP contribution in [0.2, 0.25) is 0 Å². The van der Waals surface area contributed by atoms with Crippen molar-refractivity contribution in [2.45, 2.75) is 13.0 Å². The van der Waals surface area contributed by atoms with E-state index in [4.69, 9.17) is 4.74 Å². The van der Waals surface area contributed by atoms with Crippen LogP contribution in [0.4, 0.5) is 0 Å². The van der Waals surface area contributed by atoms with E-state index in [1.807, 2.05) is 18.0 Å². The van der Waals surface area contributed by atoms with E-state index in [-0.39, 0.29) is 11.7 Å². The Balaban J connectivity index is 2.51. The van der Waals surface area contributed by atoms with Crippen molar-refractivity contribution in [1.29, 1.82) is 0 Å². The lowest BCUT2D eigenvalue weighted by Gasteiger charge is -2.16. The van der Waals surface area contributed by atoms with Gasteiger partial charge in [-0.15, -0.1) is 0 Å². The Morgan fingerprint density at radius 2 is 2.22 bits per heavy atom. The monoisotopic (exact) mass is 252 g/mol. The Kier molecular flexibility index (Phi) is 5.45. The summed E-state index contributed by atoms with van der Waals surface area (Å²) < 4.78 is 4.98. The van der Waals surface area contributed by atoms with Crippen molar-refractivity contribution >= 4 is 5.91 Å². The van der Waals surface area contributed by atoms with Crippen molar-refractivity contribution in [3.8, 4) is 11.5 Å². The molecule has 0 saturated heterocycles. The van der Waals surface area contributed by atoms with Gasteiger partial charge in [0.1, 0.15) is 0 Å². The van der Waals surface area contributed by atoms with Gasteiger partial charge in [0.2, 0.25) is 5.91 Å². The highest BCUT2D eigenvalue weighted by Gasteiger charge is 2.06. The highest BCUT2D eigenvalue weighted by Crippen LogP contribution is 2.26. The largest absolute Gasteiger partial charge is 0.504 e. The molecule has 18 heavy (non-hydrogen) atoms. The minimum atomic E-state index is 0.0272. The molecule has 0 aliphatic carbocycles. The summed E-state index contributed by atoms with van der Waals surface area (Å²) in [4.78, 5) is 13.1. The van der Waals surface area contributed by atoms with Gasteiger partial charge in [-0.3, -0.25) is 4.79 Å². The highest BCUT2D eigenvalue weighted by atomic mass is 16.5. The van der Waals surface area contributed by atoms with Gasteiger partial charge in [0, 0.05) is 26.6 Å². The zero-order chi connectivity index (χ0) is 13.5. The highest BCUT2D eigenvalue weighted by molar-refractivity contribution is 5.75. The van der Waals surface area contributed by atoms with E-state index in [1.165, 1.54) is 7.11 Å². The summed E-state index contributed by atoms with van der Waals surface area (Å²) in [5.41, 5.74) is 0.979. The lowest BCUT2D eigenvalue weighted by atomic mass is 10.2. The van der Waals surface area contributed by atoms with E-state index in [1.54, 1.807) is 19.2 Å². The number of hydrogen-bond donors (Lipinski definition) is 2. The number of hydrogen-bond acceptors (Lipinski definition) is 4. The van der Waals surface area contributed by atoms with Crippen LogP contribution in [0.15, 0.2) is 18.2 Å². The Morgan fingerprint density at radius 1 is 1.50 bits per heavy atom. The molecule has 1 aromatic carbocycles. The minimum Gasteiger partial charge on any atom is -0.504 e.